The predicted molar refractivity (Wildman–Crippen MR) is 96.4 cm³/mol. The standard InChI is InChI=1S/C18H25N3O2S/c1-12-7-8-14(24-12)13-6-5-9-21(13)11-16(22)19-17-10-15(20-23-17)18(2,3)4/h7-8,10,13H,5-6,9,11H2,1-4H3,(H,19,22). The van der Waals surface area contributed by atoms with Crippen LogP contribution in [-0.4, -0.2) is 29.1 Å². The number of aromatic nitrogens is 1. The SMILES string of the molecule is Cc1ccc(C2CCCN2CC(=O)Nc2cc(C(C)(C)C)no2)s1. The highest BCUT2D eigenvalue weighted by atomic mass is 32.1. The Hall–Kier alpha value is -1.66. The smallest absolute Gasteiger partial charge is 0.240 e. The Morgan fingerprint density at radius 2 is 2.25 bits per heavy atom. The van der Waals surface area contributed by atoms with Crippen molar-refractivity contribution >= 4 is 23.1 Å². The molecule has 2 aromatic heterocycles. The Labute approximate surface area is 147 Å². The molecule has 1 aliphatic heterocycles. The monoisotopic (exact) mass is 347 g/mol. The number of nitrogens with one attached hydrogen (secondary N) is 1. The lowest BCUT2D eigenvalue weighted by atomic mass is 9.92. The highest BCUT2D eigenvalue weighted by Gasteiger charge is 2.29. The first-order valence-corrected chi connectivity index (χ1v) is 9.22. The quantitative estimate of drug-likeness (QED) is 0.904. The van der Waals surface area contributed by atoms with E-state index in [-0.39, 0.29) is 11.3 Å². The Bertz CT molecular complexity index is 714. The van der Waals surface area contributed by atoms with Crippen LogP contribution >= 0.6 is 11.3 Å². The van der Waals surface area contributed by atoms with Crippen LogP contribution in [0, 0.1) is 6.92 Å². The Kier molecular flexibility index (Phi) is 4.78. The van der Waals surface area contributed by atoms with Crippen molar-refractivity contribution in [1.82, 2.24) is 10.1 Å². The summed E-state index contributed by atoms with van der Waals surface area (Å²) in [5.41, 5.74) is 0.745. The van der Waals surface area contributed by atoms with E-state index in [2.05, 4.69) is 55.2 Å². The molecule has 1 unspecified atom stereocenters. The molecule has 3 rings (SSSR count). The molecule has 6 heteroatoms. The summed E-state index contributed by atoms with van der Waals surface area (Å²) >= 11 is 1.82. The van der Waals surface area contributed by atoms with Crippen molar-refractivity contribution in [2.24, 2.45) is 0 Å². The van der Waals surface area contributed by atoms with Gasteiger partial charge in [-0.2, -0.15) is 0 Å². The highest BCUT2D eigenvalue weighted by molar-refractivity contribution is 7.12. The maximum Gasteiger partial charge on any atom is 0.240 e. The summed E-state index contributed by atoms with van der Waals surface area (Å²) in [6, 6.07) is 6.50. The zero-order valence-corrected chi connectivity index (χ0v) is 15.6. The molecule has 0 aromatic carbocycles. The van der Waals surface area contributed by atoms with Crippen LogP contribution in [0.4, 0.5) is 5.88 Å². The number of rotatable bonds is 4. The fourth-order valence-electron chi connectivity index (χ4n) is 3.02. The molecule has 0 aliphatic carbocycles. The van der Waals surface area contributed by atoms with E-state index in [1.807, 2.05) is 17.4 Å². The van der Waals surface area contributed by atoms with Crippen molar-refractivity contribution < 1.29 is 9.32 Å². The normalized spacial score (nSPS) is 18.9. The van der Waals surface area contributed by atoms with Gasteiger partial charge in [-0.15, -0.1) is 11.3 Å². The molecule has 0 bridgehead atoms. The average molecular weight is 347 g/mol. The topological polar surface area (TPSA) is 58.4 Å². The van der Waals surface area contributed by atoms with Gasteiger partial charge in [0.25, 0.3) is 0 Å². The molecule has 1 aliphatic rings. The third-order valence-corrected chi connectivity index (χ3v) is 5.44. The fraction of sp³-hybridized carbons (Fsp3) is 0.556. The first kappa shape index (κ1) is 17.2. The van der Waals surface area contributed by atoms with E-state index in [1.165, 1.54) is 9.75 Å². The van der Waals surface area contributed by atoms with Crippen molar-refractivity contribution in [3.8, 4) is 0 Å². The van der Waals surface area contributed by atoms with Gasteiger partial charge >= 0.3 is 0 Å². The zero-order chi connectivity index (χ0) is 17.3. The van der Waals surface area contributed by atoms with E-state index in [0.717, 1.165) is 25.1 Å². The first-order valence-electron chi connectivity index (χ1n) is 8.40. The van der Waals surface area contributed by atoms with Crippen LogP contribution in [0.2, 0.25) is 0 Å². The van der Waals surface area contributed by atoms with Crippen LogP contribution in [-0.2, 0) is 10.2 Å². The molecule has 1 N–H and O–H groups in total. The highest BCUT2D eigenvalue weighted by Crippen LogP contribution is 2.35. The third kappa shape index (κ3) is 3.87. The zero-order valence-electron chi connectivity index (χ0n) is 14.8. The average Bonchev–Trinajstić information content (AvgIpc) is 3.18. The van der Waals surface area contributed by atoms with Gasteiger partial charge in [0.05, 0.1) is 12.2 Å². The fourth-order valence-corrected chi connectivity index (χ4v) is 4.07. The summed E-state index contributed by atoms with van der Waals surface area (Å²) in [5.74, 6) is 0.374. The molecule has 24 heavy (non-hydrogen) atoms. The number of aryl methyl sites for hydroxylation is 1. The molecule has 2 aromatic rings. The second-order valence-electron chi connectivity index (χ2n) is 7.45. The summed E-state index contributed by atoms with van der Waals surface area (Å²) in [6.45, 7) is 9.65. The van der Waals surface area contributed by atoms with Gasteiger partial charge in [0.1, 0.15) is 0 Å². The molecule has 1 saturated heterocycles. The van der Waals surface area contributed by atoms with Crippen molar-refractivity contribution in [2.45, 2.75) is 52.0 Å². The summed E-state index contributed by atoms with van der Waals surface area (Å²) in [5, 5.41) is 6.87. The number of anilines is 1. The Morgan fingerprint density at radius 1 is 1.46 bits per heavy atom. The lowest BCUT2D eigenvalue weighted by Crippen LogP contribution is -2.32. The molecule has 0 radical (unpaired) electrons. The van der Waals surface area contributed by atoms with Crippen molar-refractivity contribution in [3.05, 3.63) is 33.6 Å². The molecule has 130 valence electrons. The number of hydrogen-bond acceptors (Lipinski definition) is 5. The second kappa shape index (κ2) is 6.69. The predicted octanol–water partition coefficient (Wildman–Crippen LogP) is 4.12. The number of amides is 1. The van der Waals surface area contributed by atoms with E-state index >= 15 is 0 Å². The van der Waals surface area contributed by atoms with Crippen LogP contribution in [0.25, 0.3) is 0 Å². The van der Waals surface area contributed by atoms with E-state index in [0.29, 0.717) is 18.5 Å². The summed E-state index contributed by atoms with van der Waals surface area (Å²) < 4.78 is 5.24. The van der Waals surface area contributed by atoms with Crippen molar-refractivity contribution in [3.63, 3.8) is 0 Å². The molecule has 1 atom stereocenters. The van der Waals surface area contributed by atoms with E-state index in [1.54, 1.807) is 0 Å². The second-order valence-corrected chi connectivity index (χ2v) is 8.77. The number of carbonyl (C=O) groups excluding carboxylic acids is 1. The molecule has 0 spiro atoms. The van der Waals surface area contributed by atoms with Gasteiger partial charge < -0.3 is 4.52 Å². The van der Waals surface area contributed by atoms with Gasteiger partial charge in [-0.25, -0.2) is 0 Å². The maximum absolute atomic E-state index is 12.4. The summed E-state index contributed by atoms with van der Waals surface area (Å²) in [4.78, 5) is 17.3. The van der Waals surface area contributed by atoms with Crippen LogP contribution in [0.3, 0.4) is 0 Å². The van der Waals surface area contributed by atoms with Gasteiger partial charge in [-0.05, 0) is 38.4 Å². The van der Waals surface area contributed by atoms with Gasteiger partial charge in [-0.1, -0.05) is 25.9 Å². The summed E-state index contributed by atoms with van der Waals surface area (Å²) in [6.07, 6.45) is 2.25. The minimum atomic E-state index is -0.0937. The number of nitrogens with zero attached hydrogens (tertiary/aromatic N) is 2. The largest absolute Gasteiger partial charge is 0.338 e. The van der Waals surface area contributed by atoms with Gasteiger partial charge in [-0.3, -0.25) is 15.0 Å². The van der Waals surface area contributed by atoms with Crippen LogP contribution in [0.15, 0.2) is 22.7 Å². The van der Waals surface area contributed by atoms with Crippen molar-refractivity contribution in [1.29, 1.82) is 0 Å². The first-order chi connectivity index (χ1) is 11.3. The molecule has 1 amide bonds. The van der Waals surface area contributed by atoms with Gasteiger partial charge in [0.15, 0.2) is 0 Å². The Balaban J connectivity index is 1.61. The lowest BCUT2D eigenvalue weighted by Gasteiger charge is -2.22. The minimum absolute atomic E-state index is 0.0493. The number of thiophene rings is 1. The van der Waals surface area contributed by atoms with Gasteiger partial charge in [0, 0.05) is 27.3 Å². The molecular formula is C18H25N3O2S. The molecule has 3 heterocycles. The molecular weight excluding hydrogens is 322 g/mol. The van der Waals surface area contributed by atoms with Crippen LogP contribution in [0.5, 0.6) is 0 Å². The maximum atomic E-state index is 12.4. The number of carbonyl (C=O) groups is 1. The van der Waals surface area contributed by atoms with Crippen molar-refractivity contribution in [2.75, 3.05) is 18.4 Å². The van der Waals surface area contributed by atoms with Gasteiger partial charge in [0.2, 0.25) is 11.8 Å². The minimum Gasteiger partial charge on any atom is -0.338 e. The molecule has 0 saturated carbocycles. The van der Waals surface area contributed by atoms with Crippen LogP contribution in [0.1, 0.15) is 55.1 Å². The number of hydrogen-bond donors (Lipinski definition) is 1. The van der Waals surface area contributed by atoms with Crippen LogP contribution < -0.4 is 5.32 Å². The summed E-state index contributed by atoms with van der Waals surface area (Å²) in [7, 11) is 0. The van der Waals surface area contributed by atoms with E-state index in [4.69, 9.17) is 4.52 Å². The van der Waals surface area contributed by atoms with E-state index in [9.17, 15) is 4.79 Å². The molecule has 5 nitrogen and oxygen atoms in total. The Morgan fingerprint density at radius 3 is 2.88 bits per heavy atom. The number of likely N-dealkylation sites (tertiary alicyclic amines) is 1. The lowest BCUT2D eigenvalue weighted by molar-refractivity contribution is -0.117. The van der Waals surface area contributed by atoms with E-state index < -0.39 is 0 Å². The third-order valence-electron chi connectivity index (χ3n) is 4.34. The molecule has 1 fully saturated rings.